The van der Waals surface area contributed by atoms with Gasteiger partial charge in [0.2, 0.25) is 0 Å². The Labute approximate surface area is 157 Å². The van der Waals surface area contributed by atoms with E-state index in [-0.39, 0.29) is 28.3 Å². The lowest BCUT2D eigenvalue weighted by Gasteiger charge is -2.14. The van der Waals surface area contributed by atoms with Crippen LogP contribution in [0.2, 0.25) is 0 Å². The SMILES string of the molecule is CN(C)c1ccc(C(=O)c2ccccc2C(=O)NCCCN)cc1[N+](=O)[O-]. The van der Waals surface area contributed by atoms with Crippen LogP contribution in [0.3, 0.4) is 0 Å². The van der Waals surface area contributed by atoms with Crippen molar-refractivity contribution in [2.24, 2.45) is 5.73 Å². The number of nitrogens with zero attached hydrogens (tertiary/aromatic N) is 2. The quantitative estimate of drug-likeness (QED) is 0.317. The van der Waals surface area contributed by atoms with Crippen LogP contribution in [-0.4, -0.2) is 43.8 Å². The Kier molecular flexibility index (Phi) is 6.62. The van der Waals surface area contributed by atoms with Crippen molar-refractivity contribution in [3.05, 3.63) is 69.3 Å². The molecular weight excluding hydrogens is 348 g/mol. The van der Waals surface area contributed by atoms with Gasteiger partial charge in [-0.2, -0.15) is 0 Å². The van der Waals surface area contributed by atoms with Crippen molar-refractivity contribution in [1.29, 1.82) is 0 Å². The number of nitrogens with one attached hydrogen (secondary N) is 1. The second-order valence-corrected chi connectivity index (χ2v) is 6.13. The zero-order valence-electron chi connectivity index (χ0n) is 15.3. The lowest BCUT2D eigenvalue weighted by Crippen LogP contribution is -2.27. The Bertz CT molecular complexity index is 865. The summed E-state index contributed by atoms with van der Waals surface area (Å²) in [6.45, 7) is 0.851. The maximum Gasteiger partial charge on any atom is 0.293 e. The van der Waals surface area contributed by atoms with Gasteiger partial charge >= 0.3 is 0 Å². The highest BCUT2D eigenvalue weighted by atomic mass is 16.6. The largest absolute Gasteiger partial charge is 0.372 e. The molecule has 1 amide bonds. The summed E-state index contributed by atoms with van der Waals surface area (Å²) < 4.78 is 0. The molecule has 0 aliphatic carbocycles. The molecule has 2 aromatic rings. The monoisotopic (exact) mass is 370 g/mol. The molecule has 3 N–H and O–H groups in total. The fourth-order valence-corrected chi connectivity index (χ4v) is 2.62. The third-order valence-electron chi connectivity index (χ3n) is 4.00. The minimum absolute atomic E-state index is 0.148. The highest BCUT2D eigenvalue weighted by Crippen LogP contribution is 2.29. The third-order valence-corrected chi connectivity index (χ3v) is 4.00. The summed E-state index contributed by atoms with van der Waals surface area (Å²) in [5.74, 6) is -0.834. The number of nitro groups is 1. The molecule has 2 aromatic carbocycles. The number of carbonyl (C=O) groups excluding carboxylic acids is 2. The second kappa shape index (κ2) is 8.91. The van der Waals surface area contributed by atoms with Gasteiger partial charge in [0.25, 0.3) is 11.6 Å². The van der Waals surface area contributed by atoms with Gasteiger partial charge in [-0.25, -0.2) is 0 Å². The fourth-order valence-electron chi connectivity index (χ4n) is 2.62. The molecule has 0 atom stereocenters. The number of hydrogen-bond donors (Lipinski definition) is 2. The molecule has 8 heteroatoms. The highest BCUT2D eigenvalue weighted by Gasteiger charge is 2.22. The van der Waals surface area contributed by atoms with E-state index in [1.54, 1.807) is 37.2 Å². The maximum atomic E-state index is 12.9. The fraction of sp³-hybridized carbons (Fsp3) is 0.263. The molecule has 0 unspecified atom stereocenters. The molecule has 0 radical (unpaired) electrons. The van der Waals surface area contributed by atoms with Crippen LogP contribution in [-0.2, 0) is 0 Å². The first-order chi connectivity index (χ1) is 12.9. The lowest BCUT2D eigenvalue weighted by molar-refractivity contribution is -0.384. The minimum Gasteiger partial charge on any atom is -0.372 e. The molecule has 2 rings (SSSR count). The topological polar surface area (TPSA) is 119 Å². The minimum atomic E-state index is -0.530. The molecule has 0 aromatic heterocycles. The van der Waals surface area contributed by atoms with Crippen molar-refractivity contribution in [2.75, 3.05) is 32.1 Å². The standard InChI is InChI=1S/C19H22N4O4/c1-22(2)16-9-8-13(12-17(16)23(26)27)18(24)14-6-3-4-7-15(14)19(25)21-11-5-10-20/h3-4,6-9,12H,5,10-11,20H2,1-2H3,(H,21,25). The van der Waals surface area contributed by atoms with Crippen molar-refractivity contribution in [3.8, 4) is 0 Å². The van der Waals surface area contributed by atoms with Crippen LogP contribution in [0.25, 0.3) is 0 Å². The van der Waals surface area contributed by atoms with E-state index in [0.717, 1.165) is 0 Å². The van der Waals surface area contributed by atoms with E-state index >= 15 is 0 Å². The molecule has 0 spiro atoms. The third kappa shape index (κ3) is 4.68. The first kappa shape index (κ1) is 20.1. The average Bonchev–Trinajstić information content (AvgIpc) is 2.66. The number of benzene rings is 2. The first-order valence-electron chi connectivity index (χ1n) is 8.44. The van der Waals surface area contributed by atoms with Crippen LogP contribution < -0.4 is 16.0 Å². The molecular formula is C19H22N4O4. The predicted molar refractivity (Wildman–Crippen MR) is 103 cm³/mol. The van der Waals surface area contributed by atoms with E-state index in [2.05, 4.69) is 5.32 Å². The molecule has 27 heavy (non-hydrogen) atoms. The normalized spacial score (nSPS) is 10.3. The van der Waals surface area contributed by atoms with Gasteiger partial charge in [-0.15, -0.1) is 0 Å². The van der Waals surface area contributed by atoms with Crippen LogP contribution in [0.1, 0.15) is 32.7 Å². The van der Waals surface area contributed by atoms with Crippen molar-refractivity contribution < 1.29 is 14.5 Å². The van der Waals surface area contributed by atoms with Gasteiger partial charge in [-0.1, -0.05) is 18.2 Å². The molecule has 0 aliphatic heterocycles. The van der Waals surface area contributed by atoms with Crippen LogP contribution in [0.15, 0.2) is 42.5 Å². The number of nitro benzene ring substituents is 1. The van der Waals surface area contributed by atoms with Crippen molar-refractivity contribution >= 4 is 23.1 Å². The van der Waals surface area contributed by atoms with E-state index in [1.807, 2.05) is 0 Å². The zero-order chi connectivity index (χ0) is 20.0. The number of carbonyl (C=O) groups is 2. The zero-order valence-corrected chi connectivity index (χ0v) is 15.3. The summed E-state index contributed by atoms with van der Waals surface area (Å²) in [7, 11) is 3.37. The Balaban J connectivity index is 2.40. The Morgan fingerprint density at radius 2 is 1.81 bits per heavy atom. The maximum absolute atomic E-state index is 12.9. The van der Waals surface area contributed by atoms with E-state index in [0.29, 0.717) is 25.2 Å². The lowest BCUT2D eigenvalue weighted by atomic mass is 9.97. The Morgan fingerprint density at radius 1 is 1.15 bits per heavy atom. The Hall–Kier alpha value is -3.26. The van der Waals surface area contributed by atoms with Crippen LogP contribution in [0.4, 0.5) is 11.4 Å². The summed E-state index contributed by atoms with van der Waals surface area (Å²) in [6, 6.07) is 10.7. The van der Waals surface area contributed by atoms with Gasteiger partial charge in [0.15, 0.2) is 5.78 Å². The van der Waals surface area contributed by atoms with Gasteiger partial charge < -0.3 is 16.0 Å². The summed E-state index contributed by atoms with van der Waals surface area (Å²) in [6.07, 6.45) is 0.625. The summed E-state index contributed by atoms with van der Waals surface area (Å²) in [5.41, 5.74) is 6.20. The summed E-state index contributed by atoms with van der Waals surface area (Å²) in [5, 5.41) is 14.1. The molecule has 0 aliphatic rings. The summed E-state index contributed by atoms with van der Waals surface area (Å²) >= 11 is 0. The predicted octanol–water partition coefficient (Wildman–Crippen LogP) is 1.97. The van der Waals surface area contributed by atoms with Crippen LogP contribution >= 0.6 is 0 Å². The molecule has 0 fully saturated rings. The van der Waals surface area contributed by atoms with Gasteiger partial charge in [-0.05, 0) is 31.2 Å². The van der Waals surface area contributed by atoms with E-state index in [9.17, 15) is 19.7 Å². The van der Waals surface area contributed by atoms with Crippen LogP contribution in [0.5, 0.6) is 0 Å². The molecule has 0 saturated carbocycles. The van der Waals surface area contributed by atoms with Gasteiger partial charge in [0, 0.05) is 37.8 Å². The number of hydrogen-bond acceptors (Lipinski definition) is 6. The van der Waals surface area contributed by atoms with Gasteiger partial charge in [0.05, 0.1) is 10.5 Å². The number of amides is 1. The smallest absolute Gasteiger partial charge is 0.293 e. The highest BCUT2D eigenvalue weighted by molar-refractivity contribution is 6.15. The van der Waals surface area contributed by atoms with E-state index in [1.165, 1.54) is 24.3 Å². The van der Waals surface area contributed by atoms with Gasteiger partial charge in [0.1, 0.15) is 5.69 Å². The van der Waals surface area contributed by atoms with Crippen molar-refractivity contribution in [2.45, 2.75) is 6.42 Å². The number of ketones is 1. The van der Waals surface area contributed by atoms with Crippen molar-refractivity contribution in [3.63, 3.8) is 0 Å². The molecule has 142 valence electrons. The Morgan fingerprint density at radius 3 is 2.41 bits per heavy atom. The summed E-state index contributed by atoms with van der Waals surface area (Å²) in [4.78, 5) is 37.7. The van der Waals surface area contributed by atoms with Crippen LogP contribution in [0, 0.1) is 10.1 Å². The van der Waals surface area contributed by atoms with Crippen molar-refractivity contribution in [1.82, 2.24) is 5.32 Å². The van der Waals surface area contributed by atoms with Gasteiger partial charge in [-0.3, -0.25) is 19.7 Å². The van der Waals surface area contributed by atoms with E-state index in [4.69, 9.17) is 5.73 Å². The second-order valence-electron chi connectivity index (χ2n) is 6.13. The van der Waals surface area contributed by atoms with E-state index < -0.39 is 10.7 Å². The average molecular weight is 370 g/mol. The molecule has 0 saturated heterocycles. The molecule has 8 nitrogen and oxygen atoms in total. The first-order valence-corrected chi connectivity index (χ1v) is 8.44. The molecule has 0 bridgehead atoms. The number of nitrogens with two attached hydrogens (primary N) is 1. The number of anilines is 1. The molecule has 0 heterocycles. The number of rotatable bonds is 8.